The van der Waals surface area contributed by atoms with Gasteiger partial charge < -0.3 is 10.5 Å². The van der Waals surface area contributed by atoms with E-state index in [2.05, 4.69) is 30.2 Å². The molecule has 0 fully saturated rings. The molecule has 1 aliphatic carbocycles. The Hall–Kier alpha value is -1.81. The van der Waals surface area contributed by atoms with Crippen molar-refractivity contribution in [1.82, 2.24) is 9.78 Å². The molecule has 4 nitrogen and oxygen atoms in total. The highest BCUT2D eigenvalue weighted by Gasteiger charge is 2.19. The minimum absolute atomic E-state index is 0.197. The lowest BCUT2D eigenvalue weighted by Crippen LogP contribution is -2.05. The van der Waals surface area contributed by atoms with Crippen LogP contribution < -0.4 is 10.5 Å². The average Bonchev–Trinajstić information content (AvgIpc) is 3.00. The number of ether oxygens (including phenoxy) is 1. The van der Waals surface area contributed by atoms with Gasteiger partial charge in [0.2, 0.25) is 0 Å². The van der Waals surface area contributed by atoms with Crippen LogP contribution in [0.25, 0.3) is 0 Å². The molecule has 0 saturated heterocycles. The molecule has 0 spiro atoms. The molecule has 0 saturated carbocycles. The van der Waals surface area contributed by atoms with E-state index in [1.807, 2.05) is 17.8 Å². The van der Waals surface area contributed by atoms with Crippen LogP contribution in [0.2, 0.25) is 0 Å². The lowest BCUT2D eigenvalue weighted by Gasteiger charge is -2.09. The summed E-state index contributed by atoms with van der Waals surface area (Å²) in [6.07, 6.45) is 3.05. The second kappa shape index (κ2) is 5.29. The largest absolute Gasteiger partial charge is 0.487 e. The Bertz CT molecular complexity index is 618. The summed E-state index contributed by atoms with van der Waals surface area (Å²) in [5.74, 6) is 0.914. The zero-order valence-electron chi connectivity index (χ0n) is 12.1. The molecule has 3 rings (SSSR count). The standard InChI is InChI=1S/C16H21N3O/c1-3-12-9-13(19(2)18-12)10-20-14-5-6-15-11(8-14)4-7-16(15)17/h5-6,8-9,16H,3-4,7,10,17H2,1-2H3/t16-/m0/s1. The van der Waals surface area contributed by atoms with Crippen molar-refractivity contribution in [3.8, 4) is 5.75 Å². The molecule has 1 atom stereocenters. The molecule has 0 unspecified atom stereocenters. The minimum atomic E-state index is 0.197. The van der Waals surface area contributed by atoms with Crippen LogP contribution >= 0.6 is 0 Å². The van der Waals surface area contributed by atoms with Crippen molar-refractivity contribution in [2.45, 2.75) is 38.8 Å². The third-order valence-electron chi connectivity index (χ3n) is 4.01. The minimum Gasteiger partial charge on any atom is -0.487 e. The van der Waals surface area contributed by atoms with Gasteiger partial charge in [0.1, 0.15) is 12.4 Å². The Morgan fingerprint density at radius 2 is 2.25 bits per heavy atom. The van der Waals surface area contributed by atoms with Crippen LogP contribution in [0.15, 0.2) is 24.3 Å². The summed E-state index contributed by atoms with van der Waals surface area (Å²) < 4.78 is 7.78. The van der Waals surface area contributed by atoms with Crippen molar-refractivity contribution >= 4 is 0 Å². The Morgan fingerprint density at radius 1 is 1.40 bits per heavy atom. The van der Waals surface area contributed by atoms with Gasteiger partial charge in [-0.1, -0.05) is 13.0 Å². The number of hydrogen-bond donors (Lipinski definition) is 1. The Kier molecular flexibility index (Phi) is 3.49. The first-order valence-electron chi connectivity index (χ1n) is 7.20. The second-order valence-electron chi connectivity index (χ2n) is 5.40. The summed E-state index contributed by atoms with van der Waals surface area (Å²) in [5.41, 5.74) is 10.8. The predicted molar refractivity (Wildman–Crippen MR) is 78.6 cm³/mol. The van der Waals surface area contributed by atoms with Crippen LogP contribution in [0, 0.1) is 0 Å². The molecule has 2 aromatic rings. The van der Waals surface area contributed by atoms with Gasteiger partial charge >= 0.3 is 0 Å². The van der Waals surface area contributed by atoms with E-state index in [1.165, 1.54) is 11.1 Å². The van der Waals surface area contributed by atoms with E-state index in [9.17, 15) is 0 Å². The van der Waals surface area contributed by atoms with Gasteiger partial charge in [-0.05, 0) is 48.6 Å². The summed E-state index contributed by atoms with van der Waals surface area (Å²) in [6, 6.07) is 8.54. The van der Waals surface area contributed by atoms with Gasteiger partial charge in [-0.3, -0.25) is 4.68 Å². The monoisotopic (exact) mass is 271 g/mol. The molecule has 4 heteroatoms. The van der Waals surface area contributed by atoms with Crippen molar-refractivity contribution < 1.29 is 4.74 Å². The maximum atomic E-state index is 6.05. The molecule has 2 N–H and O–H groups in total. The van der Waals surface area contributed by atoms with Gasteiger partial charge in [0.05, 0.1) is 11.4 Å². The van der Waals surface area contributed by atoms with Crippen molar-refractivity contribution in [2.24, 2.45) is 12.8 Å². The zero-order chi connectivity index (χ0) is 14.1. The number of aromatic nitrogens is 2. The number of rotatable bonds is 4. The van der Waals surface area contributed by atoms with E-state index >= 15 is 0 Å². The normalized spacial score (nSPS) is 17.2. The second-order valence-corrected chi connectivity index (χ2v) is 5.40. The summed E-state index contributed by atoms with van der Waals surface area (Å²) in [4.78, 5) is 0. The first-order valence-corrected chi connectivity index (χ1v) is 7.20. The first kappa shape index (κ1) is 13.2. The van der Waals surface area contributed by atoms with Gasteiger partial charge in [-0.15, -0.1) is 0 Å². The topological polar surface area (TPSA) is 53.1 Å². The van der Waals surface area contributed by atoms with E-state index in [4.69, 9.17) is 10.5 Å². The maximum Gasteiger partial charge on any atom is 0.130 e. The fourth-order valence-electron chi connectivity index (χ4n) is 2.75. The van der Waals surface area contributed by atoms with Crippen LogP contribution in [0.3, 0.4) is 0 Å². The van der Waals surface area contributed by atoms with Crippen molar-refractivity contribution in [3.63, 3.8) is 0 Å². The van der Waals surface area contributed by atoms with Crippen molar-refractivity contribution in [2.75, 3.05) is 0 Å². The Labute approximate surface area is 119 Å². The molecule has 1 heterocycles. The quantitative estimate of drug-likeness (QED) is 0.929. The Balaban J connectivity index is 1.71. The van der Waals surface area contributed by atoms with E-state index in [0.717, 1.165) is 36.4 Å². The SMILES string of the molecule is CCc1cc(COc2ccc3c(c2)CC[C@@H]3N)n(C)n1. The van der Waals surface area contributed by atoms with Gasteiger partial charge in [-0.2, -0.15) is 5.10 Å². The Morgan fingerprint density at radius 3 is 3.00 bits per heavy atom. The smallest absolute Gasteiger partial charge is 0.130 e. The van der Waals surface area contributed by atoms with Crippen LogP contribution in [0.4, 0.5) is 0 Å². The van der Waals surface area contributed by atoms with E-state index in [1.54, 1.807) is 0 Å². The molecule has 0 radical (unpaired) electrons. The number of aryl methyl sites for hydroxylation is 3. The molecule has 20 heavy (non-hydrogen) atoms. The fraction of sp³-hybridized carbons (Fsp3) is 0.438. The average molecular weight is 271 g/mol. The first-order chi connectivity index (χ1) is 9.67. The summed E-state index contributed by atoms with van der Waals surface area (Å²) in [6.45, 7) is 2.66. The molecule has 0 aliphatic heterocycles. The summed E-state index contributed by atoms with van der Waals surface area (Å²) in [7, 11) is 1.96. The highest BCUT2D eigenvalue weighted by Crippen LogP contribution is 2.32. The zero-order valence-corrected chi connectivity index (χ0v) is 12.1. The number of hydrogen-bond acceptors (Lipinski definition) is 3. The third kappa shape index (κ3) is 2.43. The number of nitrogens with two attached hydrogens (primary N) is 1. The summed E-state index contributed by atoms with van der Waals surface area (Å²) in [5, 5.41) is 4.43. The van der Waals surface area contributed by atoms with Crippen LogP contribution in [-0.2, 0) is 26.5 Å². The van der Waals surface area contributed by atoms with Crippen LogP contribution in [-0.4, -0.2) is 9.78 Å². The van der Waals surface area contributed by atoms with Crippen molar-refractivity contribution in [1.29, 1.82) is 0 Å². The van der Waals surface area contributed by atoms with Gasteiger partial charge in [0.15, 0.2) is 0 Å². The van der Waals surface area contributed by atoms with E-state index < -0.39 is 0 Å². The summed E-state index contributed by atoms with van der Waals surface area (Å²) >= 11 is 0. The number of nitrogens with zero attached hydrogens (tertiary/aromatic N) is 2. The number of fused-ring (bicyclic) bond motifs is 1. The van der Waals surface area contributed by atoms with Gasteiger partial charge in [0.25, 0.3) is 0 Å². The molecular formula is C16H21N3O. The fourth-order valence-corrected chi connectivity index (χ4v) is 2.75. The van der Waals surface area contributed by atoms with Gasteiger partial charge in [0, 0.05) is 13.1 Å². The van der Waals surface area contributed by atoms with E-state index in [-0.39, 0.29) is 6.04 Å². The lowest BCUT2D eigenvalue weighted by molar-refractivity contribution is 0.294. The molecule has 0 bridgehead atoms. The predicted octanol–water partition coefficient (Wildman–Crippen LogP) is 2.51. The van der Waals surface area contributed by atoms with Crippen LogP contribution in [0.5, 0.6) is 5.75 Å². The van der Waals surface area contributed by atoms with Crippen LogP contribution in [0.1, 0.15) is 41.9 Å². The van der Waals surface area contributed by atoms with E-state index in [0.29, 0.717) is 6.61 Å². The molecule has 0 amide bonds. The molecule has 106 valence electrons. The molecular weight excluding hydrogens is 250 g/mol. The van der Waals surface area contributed by atoms with Crippen molar-refractivity contribution in [3.05, 3.63) is 46.8 Å². The molecule has 1 aromatic carbocycles. The molecule has 1 aliphatic rings. The van der Waals surface area contributed by atoms with Gasteiger partial charge in [-0.25, -0.2) is 0 Å². The maximum absolute atomic E-state index is 6.05. The number of benzene rings is 1. The lowest BCUT2D eigenvalue weighted by atomic mass is 10.1. The molecule has 1 aromatic heterocycles. The third-order valence-corrected chi connectivity index (χ3v) is 4.01. The highest BCUT2D eigenvalue weighted by atomic mass is 16.5. The highest BCUT2D eigenvalue weighted by molar-refractivity contribution is 5.40.